The molecule has 0 bridgehead atoms. The minimum Gasteiger partial charge on any atom is -0.355 e. The van der Waals surface area contributed by atoms with Crippen LogP contribution in [-0.4, -0.2) is 54.0 Å². The number of hydrazine groups is 1. The van der Waals surface area contributed by atoms with E-state index in [1.165, 1.54) is 103 Å². The Morgan fingerprint density at radius 1 is 0.659 bits per heavy atom. The van der Waals surface area contributed by atoms with Crippen molar-refractivity contribution in [3.8, 4) is 0 Å². The highest BCUT2D eigenvalue weighted by atomic mass is 16.7. The number of hydrogen-bond donors (Lipinski definition) is 4. The van der Waals surface area contributed by atoms with Gasteiger partial charge in [-0.3, -0.25) is 15.1 Å². The number of amides is 1. The molecule has 0 aromatic rings. The van der Waals surface area contributed by atoms with Gasteiger partial charge in [-0.15, -0.1) is 0 Å². The number of nitrogens with zero attached hydrogens (tertiary/aromatic N) is 2. The maximum absolute atomic E-state index is 13.5. The van der Waals surface area contributed by atoms with Crippen LogP contribution in [-0.2, 0) is 4.79 Å². The molecular formula is C32H66N6O3. The molecule has 1 atom stereocenters. The molecule has 0 aliphatic carbocycles. The first-order valence-corrected chi connectivity index (χ1v) is 17.2. The number of hydrogen-bond acceptors (Lipinski definition) is 5. The Hall–Kier alpha value is -1.90. The van der Waals surface area contributed by atoms with Crippen LogP contribution in [0.5, 0.6) is 0 Å². The first-order valence-electron chi connectivity index (χ1n) is 17.2. The van der Waals surface area contributed by atoms with Crippen LogP contribution in [0, 0.1) is 15.5 Å². The number of nitrogens with one attached hydrogen (secondary N) is 4. The summed E-state index contributed by atoms with van der Waals surface area (Å²) in [4.78, 5) is 26.4. The Kier molecular flexibility index (Phi) is 28.2. The number of carbonyl (C=O) groups excluding carboxylic acids is 1. The van der Waals surface area contributed by atoms with Crippen molar-refractivity contribution >= 4 is 11.9 Å². The fourth-order valence-electron chi connectivity index (χ4n) is 5.32. The second-order valence-corrected chi connectivity index (χ2v) is 11.7. The van der Waals surface area contributed by atoms with E-state index < -0.39 is 5.03 Å². The molecule has 0 fully saturated rings. The zero-order valence-electron chi connectivity index (χ0n) is 27.1. The van der Waals surface area contributed by atoms with Gasteiger partial charge in [-0.1, -0.05) is 135 Å². The van der Waals surface area contributed by atoms with E-state index in [9.17, 15) is 14.9 Å². The normalized spacial score (nSPS) is 11.9. The average Bonchev–Trinajstić information content (AvgIpc) is 2.94. The standard InChI is InChI=1S/C32H66N6O3/c1-4-7-10-13-14-15-16-17-18-21-26-34-31(39)30(25-24-27-35-32(33)36-38(40)41)37(28-22-19-11-8-5-2)29-23-20-12-9-6-3/h30H,4-29H2,1-3H3,(H,34,39)(H3,33,35,36). The Morgan fingerprint density at radius 2 is 1.07 bits per heavy atom. The zero-order chi connectivity index (χ0) is 30.4. The van der Waals surface area contributed by atoms with Gasteiger partial charge in [0, 0.05) is 13.1 Å². The minimum atomic E-state index is -0.738. The summed E-state index contributed by atoms with van der Waals surface area (Å²) in [5.41, 5.74) is 1.83. The molecule has 0 saturated carbocycles. The molecule has 0 spiro atoms. The van der Waals surface area contributed by atoms with Gasteiger partial charge in [0.15, 0.2) is 5.03 Å². The van der Waals surface area contributed by atoms with Crippen LogP contribution < -0.4 is 16.1 Å². The van der Waals surface area contributed by atoms with Crippen molar-refractivity contribution in [2.24, 2.45) is 0 Å². The fourth-order valence-corrected chi connectivity index (χ4v) is 5.32. The van der Waals surface area contributed by atoms with Crippen LogP contribution in [0.25, 0.3) is 0 Å². The van der Waals surface area contributed by atoms with Crippen molar-refractivity contribution < 1.29 is 9.83 Å². The molecule has 0 radical (unpaired) electrons. The van der Waals surface area contributed by atoms with Crippen LogP contribution in [0.15, 0.2) is 0 Å². The molecule has 0 aliphatic heterocycles. The zero-order valence-corrected chi connectivity index (χ0v) is 27.1. The average molecular weight is 583 g/mol. The molecule has 9 nitrogen and oxygen atoms in total. The third-order valence-corrected chi connectivity index (χ3v) is 7.83. The number of unbranched alkanes of at least 4 members (excludes halogenated alkanes) is 17. The highest BCUT2D eigenvalue weighted by molar-refractivity contribution is 5.81. The van der Waals surface area contributed by atoms with Gasteiger partial charge >= 0.3 is 0 Å². The molecule has 0 aromatic heterocycles. The molecule has 1 amide bonds. The maximum Gasteiger partial charge on any atom is 0.251 e. The lowest BCUT2D eigenvalue weighted by Gasteiger charge is -2.31. The van der Waals surface area contributed by atoms with Crippen LogP contribution in [0.3, 0.4) is 0 Å². The first-order chi connectivity index (χ1) is 20.0. The smallest absolute Gasteiger partial charge is 0.251 e. The van der Waals surface area contributed by atoms with E-state index in [0.717, 1.165) is 45.3 Å². The summed E-state index contributed by atoms with van der Waals surface area (Å²) in [6, 6.07) is -0.199. The lowest BCUT2D eigenvalue weighted by atomic mass is 10.0. The van der Waals surface area contributed by atoms with E-state index in [1.54, 1.807) is 0 Å². The van der Waals surface area contributed by atoms with Gasteiger partial charge in [-0.05, 0) is 45.2 Å². The van der Waals surface area contributed by atoms with E-state index in [-0.39, 0.29) is 17.9 Å². The van der Waals surface area contributed by atoms with Crippen molar-refractivity contribution in [2.75, 3.05) is 26.2 Å². The molecule has 4 N–H and O–H groups in total. The topological polar surface area (TPSA) is 123 Å². The second kappa shape index (κ2) is 29.6. The molecule has 1 unspecified atom stereocenters. The highest BCUT2D eigenvalue weighted by Gasteiger charge is 2.25. The minimum absolute atomic E-state index is 0.113. The van der Waals surface area contributed by atoms with Crippen LogP contribution in [0.2, 0.25) is 0 Å². The van der Waals surface area contributed by atoms with Crippen molar-refractivity contribution in [3.63, 3.8) is 0 Å². The maximum atomic E-state index is 13.5. The van der Waals surface area contributed by atoms with Crippen LogP contribution >= 0.6 is 0 Å². The molecule has 0 saturated heterocycles. The Labute approximate surface area is 252 Å². The summed E-state index contributed by atoms with van der Waals surface area (Å²) in [6.45, 7) is 9.72. The van der Waals surface area contributed by atoms with Crippen molar-refractivity contribution in [1.82, 2.24) is 21.0 Å². The molecule has 242 valence electrons. The molecule has 0 heterocycles. The predicted octanol–water partition coefficient (Wildman–Crippen LogP) is 7.72. The summed E-state index contributed by atoms with van der Waals surface area (Å²) in [5.74, 6) is -0.206. The largest absolute Gasteiger partial charge is 0.355 e. The molecular weight excluding hydrogens is 516 g/mol. The Bertz CT molecular complexity index is 621. The Balaban J connectivity index is 4.86. The monoisotopic (exact) mass is 583 g/mol. The van der Waals surface area contributed by atoms with E-state index in [1.807, 2.05) is 5.43 Å². The molecule has 9 heteroatoms. The molecule has 0 aromatic carbocycles. The quantitative estimate of drug-likeness (QED) is 0.0226. The third kappa shape index (κ3) is 25.5. The fraction of sp³-hybridized carbons (Fsp3) is 0.938. The number of guanidine groups is 1. The van der Waals surface area contributed by atoms with Crippen LogP contribution in [0.4, 0.5) is 0 Å². The lowest BCUT2D eigenvalue weighted by molar-refractivity contribution is -0.525. The third-order valence-electron chi connectivity index (χ3n) is 7.83. The summed E-state index contributed by atoms with van der Waals surface area (Å²) in [7, 11) is 0. The highest BCUT2D eigenvalue weighted by Crippen LogP contribution is 2.15. The van der Waals surface area contributed by atoms with Crippen molar-refractivity contribution in [2.45, 2.75) is 168 Å². The van der Waals surface area contributed by atoms with E-state index >= 15 is 0 Å². The first kappa shape index (κ1) is 39.1. The van der Waals surface area contributed by atoms with Gasteiger partial charge in [-0.25, -0.2) is 10.1 Å². The molecule has 0 rings (SSSR count). The van der Waals surface area contributed by atoms with Gasteiger partial charge in [-0.2, -0.15) is 0 Å². The summed E-state index contributed by atoms with van der Waals surface area (Å²) >= 11 is 0. The predicted molar refractivity (Wildman–Crippen MR) is 173 cm³/mol. The SMILES string of the molecule is CCCCCCCCCCCCNC(=O)C(CCCNC(=N)N[N+](=O)[O-])N(CCCCCCC)CCCCCCC. The number of carbonyl (C=O) groups is 1. The Morgan fingerprint density at radius 3 is 1.54 bits per heavy atom. The number of nitro groups is 1. The molecule has 41 heavy (non-hydrogen) atoms. The van der Waals surface area contributed by atoms with Gasteiger partial charge in [0.1, 0.15) is 0 Å². The summed E-state index contributed by atoms with van der Waals surface area (Å²) < 4.78 is 0. The van der Waals surface area contributed by atoms with Crippen molar-refractivity contribution in [1.29, 1.82) is 5.41 Å². The lowest BCUT2D eigenvalue weighted by Crippen LogP contribution is -2.48. The van der Waals surface area contributed by atoms with Gasteiger partial charge in [0.05, 0.1) is 6.04 Å². The summed E-state index contributed by atoms with van der Waals surface area (Å²) in [5, 5.41) is 23.4. The van der Waals surface area contributed by atoms with Crippen LogP contribution in [0.1, 0.15) is 162 Å². The summed E-state index contributed by atoms with van der Waals surface area (Å²) in [6.07, 6.45) is 26.2. The van der Waals surface area contributed by atoms with Gasteiger partial charge in [0.25, 0.3) is 5.96 Å². The number of rotatable bonds is 30. The van der Waals surface area contributed by atoms with E-state index in [4.69, 9.17) is 5.41 Å². The van der Waals surface area contributed by atoms with Gasteiger partial charge in [0.2, 0.25) is 5.91 Å². The van der Waals surface area contributed by atoms with E-state index in [2.05, 4.69) is 36.3 Å². The second-order valence-electron chi connectivity index (χ2n) is 11.7. The van der Waals surface area contributed by atoms with E-state index in [0.29, 0.717) is 19.4 Å². The molecule has 0 aliphatic rings. The van der Waals surface area contributed by atoms with Crippen molar-refractivity contribution in [3.05, 3.63) is 10.1 Å². The van der Waals surface area contributed by atoms with Gasteiger partial charge < -0.3 is 10.6 Å².